The summed E-state index contributed by atoms with van der Waals surface area (Å²) in [7, 11) is 0. The van der Waals surface area contributed by atoms with E-state index in [9.17, 15) is 4.79 Å². The molecule has 2 aliphatic rings. The van der Waals surface area contributed by atoms with Crippen molar-refractivity contribution in [2.24, 2.45) is 5.92 Å². The van der Waals surface area contributed by atoms with Gasteiger partial charge in [-0.25, -0.2) is 4.79 Å². The lowest BCUT2D eigenvalue weighted by Gasteiger charge is -2.40. The Morgan fingerprint density at radius 1 is 1.16 bits per heavy atom. The highest BCUT2D eigenvalue weighted by atomic mass is 16.5. The van der Waals surface area contributed by atoms with E-state index < -0.39 is 0 Å². The normalized spacial score (nSPS) is 27.1. The van der Waals surface area contributed by atoms with E-state index in [0.29, 0.717) is 18.6 Å². The molecule has 0 spiro atoms. The van der Waals surface area contributed by atoms with Gasteiger partial charge in [-0.15, -0.1) is 0 Å². The minimum atomic E-state index is -0.210. The van der Waals surface area contributed by atoms with Crippen LogP contribution in [0.25, 0.3) is 6.08 Å². The second kappa shape index (κ2) is 9.00. The van der Waals surface area contributed by atoms with Gasteiger partial charge in [-0.2, -0.15) is 0 Å². The Morgan fingerprint density at radius 3 is 2.80 bits per heavy atom. The second-order valence-corrected chi connectivity index (χ2v) is 7.43. The average Bonchev–Trinajstić information content (AvgIpc) is 2.65. The summed E-state index contributed by atoms with van der Waals surface area (Å²) in [5.74, 6) is 0.333. The fraction of sp³-hybridized carbons (Fsp3) is 0.500. The number of carbonyl (C=O) groups excluding carboxylic acids is 1. The van der Waals surface area contributed by atoms with Gasteiger partial charge in [0.25, 0.3) is 0 Å². The summed E-state index contributed by atoms with van der Waals surface area (Å²) in [4.78, 5) is 13.9. The molecule has 3 rings (SSSR count). The van der Waals surface area contributed by atoms with E-state index in [1.165, 1.54) is 45.2 Å². The molecule has 3 atom stereocenters. The third-order valence-corrected chi connectivity index (χ3v) is 5.55. The van der Waals surface area contributed by atoms with Crippen molar-refractivity contribution in [2.45, 2.75) is 45.1 Å². The molecule has 2 saturated heterocycles. The number of hydrogen-bond acceptors (Lipinski definition) is 2. The lowest BCUT2D eigenvalue weighted by Crippen LogP contribution is -3.18. The first kappa shape index (κ1) is 17.9. The number of allylic oxidation sites excluding steroid dienone is 2. The van der Waals surface area contributed by atoms with Gasteiger partial charge in [0, 0.05) is 12.0 Å². The Bertz CT molecular complexity index is 618. The second-order valence-electron chi connectivity index (χ2n) is 7.43. The first-order chi connectivity index (χ1) is 12.2. The van der Waals surface area contributed by atoms with Crippen LogP contribution in [0.1, 0.15) is 44.6 Å². The molecule has 2 heterocycles. The number of quaternary nitrogens is 1. The van der Waals surface area contributed by atoms with E-state index in [4.69, 9.17) is 4.74 Å². The minimum absolute atomic E-state index is 0.210. The summed E-state index contributed by atoms with van der Waals surface area (Å²) in [6.45, 7) is 5.13. The van der Waals surface area contributed by atoms with Gasteiger partial charge >= 0.3 is 5.97 Å². The van der Waals surface area contributed by atoms with Gasteiger partial charge in [0.2, 0.25) is 0 Å². The Kier molecular flexibility index (Phi) is 6.46. The van der Waals surface area contributed by atoms with Crippen molar-refractivity contribution in [1.82, 2.24) is 0 Å². The van der Waals surface area contributed by atoms with Gasteiger partial charge in [-0.1, -0.05) is 42.5 Å². The standard InChI is InChI=1S/C22H29NO2/c1-18(12-13-19-8-3-2-4-9-19)16-22(24)25-17-20-10-7-15-23-14-6-5-11-21(20)23/h2-4,8-9,12-13,16,20-21H,5-7,10-11,14-15,17H2,1H3/p+1/b13-12-,18-16+/t20-,21-/m1/s1. The molecular formula is C22H30NO2+. The predicted molar refractivity (Wildman–Crippen MR) is 101 cm³/mol. The van der Waals surface area contributed by atoms with Crippen LogP contribution in [0, 0.1) is 5.92 Å². The quantitative estimate of drug-likeness (QED) is 0.507. The van der Waals surface area contributed by atoms with E-state index in [0.717, 1.165) is 11.1 Å². The van der Waals surface area contributed by atoms with E-state index in [1.807, 2.05) is 49.4 Å². The number of nitrogens with one attached hydrogen (secondary N) is 1. The average molecular weight is 340 g/mol. The minimum Gasteiger partial charge on any atom is -0.462 e. The fourth-order valence-corrected chi connectivity index (χ4v) is 4.23. The van der Waals surface area contributed by atoms with Crippen molar-refractivity contribution in [3.05, 3.63) is 53.6 Å². The molecule has 0 bridgehead atoms. The van der Waals surface area contributed by atoms with Crippen LogP contribution in [0.3, 0.4) is 0 Å². The maximum absolute atomic E-state index is 12.1. The van der Waals surface area contributed by atoms with E-state index in [-0.39, 0.29) is 5.97 Å². The van der Waals surface area contributed by atoms with Crippen LogP contribution >= 0.6 is 0 Å². The van der Waals surface area contributed by atoms with E-state index >= 15 is 0 Å². The Labute approximate surface area is 151 Å². The zero-order valence-electron chi connectivity index (χ0n) is 15.2. The molecule has 0 amide bonds. The van der Waals surface area contributed by atoms with Crippen LogP contribution in [0.2, 0.25) is 0 Å². The van der Waals surface area contributed by atoms with Gasteiger partial charge < -0.3 is 9.64 Å². The smallest absolute Gasteiger partial charge is 0.331 e. The maximum atomic E-state index is 12.1. The number of rotatable bonds is 5. The molecule has 0 saturated carbocycles. The fourth-order valence-electron chi connectivity index (χ4n) is 4.23. The number of piperidine rings is 2. The van der Waals surface area contributed by atoms with Crippen LogP contribution in [0.5, 0.6) is 0 Å². The molecule has 2 aliphatic heterocycles. The molecule has 25 heavy (non-hydrogen) atoms. The molecule has 1 N–H and O–H groups in total. The highest BCUT2D eigenvalue weighted by molar-refractivity contribution is 5.83. The van der Waals surface area contributed by atoms with Crippen LogP contribution in [0.4, 0.5) is 0 Å². The van der Waals surface area contributed by atoms with Crippen LogP contribution in [-0.4, -0.2) is 31.7 Å². The molecule has 2 fully saturated rings. The van der Waals surface area contributed by atoms with Gasteiger partial charge in [-0.05, 0) is 50.2 Å². The van der Waals surface area contributed by atoms with Crippen molar-refractivity contribution in [3.8, 4) is 0 Å². The van der Waals surface area contributed by atoms with Crippen molar-refractivity contribution in [1.29, 1.82) is 0 Å². The third kappa shape index (κ3) is 5.30. The lowest BCUT2D eigenvalue weighted by atomic mass is 9.84. The SMILES string of the molecule is CC(/C=C\c1ccccc1)=C\C(=O)OC[C@H]1CCC[NH+]2CCCC[C@H]12. The number of benzene rings is 1. The summed E-state index contributed by atoms with van der Waals surface area (Å²) in [5.41, 5.74) is 2.05. The highest BCUT2D eigenvalue weighted by Gasteiger charge is 2.36. The number of fused-ring (bicyclic) bond motifs is 1. The number of esters is 1. The molecule has 134 valence electrons. The Morgan fingerprint density at radius 2 is 1.96 bits per heavy atom. The molecule has 0 aromatic heterocycles. The summed E-state index contributed by atoms with van der Waals surface area (Å²) in [5, 5.41) is 0. The summed E-state index contributed by atoms with van der Waals surface area (Å²) in [6.07, 6.45) is 12.0. The monoisotopic (exact) mass is 340 g/mol. The molecular weight excluding hydrogens is 310 g/mol. The van der Waals surface area contributed by atoms with E-state index in [2.05, 4.69) is 0 Å². The van der Waals surface area contributed by atoms with E-state index in [1.54, 1.807) is 11.0 Å². The largest absolute Gasteiger partial charge is 0.462 e. The number of carbonyl (C=O) groups is 1. The van der Waals surface area contributed by atoms with Crippen LogP contribution in [0.15, 0.2) is 48.1 Å². The summed E-state index contributed by atoms with van der Waals surface area (Å²) in [6, 6.07) is 10.8. The highest BCUT2D eigenvalue weighted by Crippen LogP contribution is 2.20. The molecule has 3 nitrogen and oxygen atoms in total. The first-order valence-corrected chi connectivity index (χ1v) is 9.65. The third-order valence-electron chi connectivity index (χ3n) is 5.55. The van der Waals surface area contributed by atoms with Gasteiger partial charge in [0.05, 0.1) is 19.1 Å². The Hall–Kier alpha value is -1.87. The van der Waals surface area contributed by atoms with Crippen molar-refractivity contribution in [2.75, 3.05) is 19.7 Å². The number of ether oxygens (including phenoxy) is 1. The molecule has 1 aromatic carbocycles. The van der Waals surface area contributed by atoms with Crippen molar-refractivity contribution in [3.63, 3.8) is 0 Å². The van der Waals surface area contributed by atoms with Gasteiger partial charge in [-0.3, -0.25) is 0 Å². The van der Waals surface area contributed by atoms with Crippen LogP contribution in [-0.2, 0) is 9.53 Å². The first-order valence-electron chi connectivity index (χ1n) is 9.65. The van der Waals surface area contributed by atoms with Crippen molar-refractivity contribution >= 4 is 12.0 Å². The number of hydrogen-bond donors (Lipinski definition) is 1. The maximum Gasteiger partial charge on any atom is 0.331 e. The van der Waals surface area contributed by atoms with Crippen molar-refractivity contribution < 1.29 is 14.4 Å². The van der Waals surface area contributed by atoms with Gasteiger partial charge in [0.1, 0.15) is 6.61 Å². The van der Waals surface area contributed by atoms with Crippen LogP contribution < -0.4 is 4.90 Å². The Balaban J connectivity index is 1.49. The molecule has 0 aliphatic carbocycles. The topological polar surface area (TPSA) is 30.7 Å². The van der Waals surface area contributed by atoms with Gasteiger partial charge in [0.15, 0.2) is 0 Å². The molecule has 1 aromatic rings. The zero-order valence-corrected chi connectivity index (χ0v) is 15.2. The summed E-state index contributed by atoms with van der Waals surface area (Å²) < 4.78 is 5.59. The lowest BCUT2D eigenvalue weighted by molar-refractivity contribution is -0.940. The zero-order chi connectivity index (χ0) is 17.5. The predicted octanol–water partition coefficient (Wildman–Crippen LogP) is 3.04. The molecule has 0 radical (unpaired) electrons. The molecule has 1 unspecified atom stereocenters. The summed E-state index contributed by atoms with van der Waals surface area (Å²) >= 11 is 0. The molecule has 3 heteroatoms.